The van der Waals surface area contributed by atoms with Crippen LogP contribution in [0.1, 0.15) is 12.8 Å². The van der Waals surface area contributed by atoms with Gasteiger partial charge in [0.25, 0.3) is 5.91 Å². The summed E-state index contributed by atoms with van der Waals surface area (Å²) in [5.41, 5.74) is 1.16. The number of benzene rings is 1. The highest BCUT2D eigenvalue weighted by molar-refractivity contribution is 6.10. The normalized spacial score (nSPS) is 20.3. The molecule has 0 aliphatic carbocycles. The third kappa shape index (κ3) is 2.94. The van der Waals surface area contributed by atoms with E-state index in [-0.39, 0.29) is 12.5 Å². The highest BCUT2D eigenvalue weighted by atomic mass is 16.6. The second kappa shape index (κ2) is 6.15. The van der Waals surface area contributed by atoms with Crippen molar-refractivity contribution in [1.82, 2.24) is 0 Å². The number of esters is 1. The minimum Gasteiger partial charge on any atom is -0.454 e. The first kappa shape index (κ1) is 14.5. The Morgan fingerprint density at radius 2 is 2.18 bits per heavy atom. The van der Waals surface area contributed by atoms with Crippen LogP contribution in [0, 0.1) is 0 Å². The highest BCUT2D eigenvalue weighted by Crippen LogP contribution is 2.28. The fourth-order valence-electron chi connectivity index (χ4n) is 2.52. The molecular weight excluding hydrogens is 288 g/mol. The molecule has 0 bridgehead atoms. The fraction of sp³-hybridized carbons (Fsp3) is 0.400. The minimum atomic E-state index is -0.579. The topological polar surface area (TPSA) is 84.9 Å². The molecule has 0 radical (unpaired) electrons. The molecule has 116 valence electrons. The maximum Gasteiger partial charge on any atom is 0.335 e. The summed E-state index contributed by atoms with van der Waals surface area (Å²) in [5, 5.41) is 2.69. The Kier molecular flexibility index (Phi) is 4.06. The molecule has 7 heteroatoms. The Bertz CT molecular complexity index is 610. The molecule has 2 amide bonds. The van der Waals surface area contributed by atoms with E-state index in [2.05, 4.69) is 5.32 Å². The van der Waals surface area contributed by atoms with Gasteiger partial charge in [-0.1, -0.05) is 12.1 Å². The molecule has 0 aromatic heterocycles. The maximum atomic E-state index is 12.3. The van der Waals surface area contributed by atoms with E-state index >= 15 is 0 Å². The van der Waals surface area contributed by atoms with E-state index in [1.165, 1.54) is 4.90 Å². The largest absolute Gasteiger partial charge is 0.454 e. The maximum absolute atomic E-state index is 12.3. The second-order valence-corrected chi connectivity index (χ2v) is 5.15. The van der Waals surface area contributed by atoms with Gasteiger partial charge in [-0.2, -0.15) is 0 Å². The van der Waals surface area contributed by atoms with Gasteiger partial charge in [0.05, 0.1) is 11.4 Å². The lowest BCUT2D eigenvalue weighted by Crippen LogP contribution is -2.44. The van der Waals surface area contributed by atoms with Crippen molar-refractivity contribution >= 4 is 29.2 Å². The Morgan fingerprint density at radius 3 is 2.95 bits per heavy atom. The number of para-hydroxylation sites is 2. The van der Waals surface area contributed by atoms with Crippen LogP contribution < -0.4 is 10.2 Å². The van der Waals surface area contributed by atoms with E-state index in [1.807, 2.05) is 0 Å². The van der Waals surface area contributed by atoms with Crippen molar-refractivity contribution in [2.45, 2.75) is 18.9 Å². The minimum absolute atomic E-state index is 0.0900. The molecule has 3 rings (SSSR count). The van der Waals surface area contributed by atoms with Crippen LogP contribution >= 0.6 is 0 Å². The van der Waals surface area contributed by atoms with E-state index in [1.54, 1.807) is 24.3 Å². The summed E-state index contributed by atoms with van der Waals surface area (Å²) in [6.07, 6.45) is 0.847. The van der Waals surface area contributed by atoms with Crippen LogP contribution in [0.5, 0.6) is 0 Å². The van der Waals surface area contributed by atoms with Gasteiger partial charge in [0, 0.05) is 6.61 Å². The van der Waals surface area contributed by atoms with Gasteiger partial charge >= 0.3 is 5.97 Å². The highest BCUT2D eigenvalue weighted by Gasteiger charge is 2.29. The summed E-state index contributed by atoms with van der Waals surface area (Å²) in [4.78, 5) is 37.0. The number of fused-ring (bicyclic) bond motifs is 1. The van der Waals surface area contributed by atoms with Gasteiger partial charge in [-0.25, -0.2) is 4.79 Å². The average molecular weight is 304 g/mol. The molecule has 0 saturated carbocycles. The number of nitrogens with one attached hydrogen (secondary N) is 1. The average Bonchev–Trinajstić information content (AvgIpc) is 3.06. The third-order valence-electron chi connectivity index (χ3n) is 3.60. The van der Waals surface area contributed by atoms with E-state index in [0.29, 0.717) is 24.4 Å². The number of nitrogens with zero attached hydrogens (tertiary/aromatic N) is 1. The van der Waals surface area contributed by atoms with E-state index in [9.17, 15) is 14.4 Å². The van der Waals surface area contributed by atoms with Crippen LogP contribution in [0.2, 0.25) is 0 Å². The van der Waals surface area contributed by atoms with Crippen molar-refractivity contribution < 1.29 is 23.9 Å². The molecule has 2 aliphatic heterocycles. The first-order valence-electron chi connectivity index (χ1n) is 7.12. The fourth-order valence-corrected chi connectivity index (χ4v) is 2.52. The van der Waals surface area contributed by atoms with Gasteiger partial charge in [0.2, 0.25) is 5.91 Å². The van der Waals surface area contributed by atoms with Crippen LogP contribution in [0.3, 0.4) is 0 Å². The lowest BCUT2D eigenvalue weighted by molar-refractivity contribution is -0.157. The molecule has 1 N–H and O–H groups in total. The number of rotatable bonds is 3. The Morgan fingerprint density at radius 1 is 1.36 bits per heavy atom. The number of hydrogen-bond donors (Lipinski definition) is 1. The van der Waals surface area contributed by atoms with E-state index in [0.717, 1.165) is 6.42 Å². The van der Waals surface area contributed by atoms with Gasteiger partial charge in [-0.3, -0.25) is 14.5 Å². The summed E-state index contributed by atoms with van der Waals surface area (Å²) in [5.74, 6) is -1.24. The first-order chi connectivity index (χ1) is 10.6. The zero-order chi connectivity index (χ0) is 15.5. The molecule has 2 heterocycles. The Balaban J connectivity index is 1.65. The number of carbonyl (C=O) groups is 3. The summed E-state index contributed by atoms with van der Waals surface area (Å²) in [6, 6.07) is 6.99. The van der Waals surface area contributed by atoms with Gasteiger partial charge < -0.3 is 14.8 Å². The smallest absolute Gasteiger partial charge is 0.335 e. The number of hydrogen-bond acceptors (Lipinski definition) is 5. The molecule has 0 spiro atoms. The molecule has 1 saturated heterocycles. The van der Waals surface area contributed by atoms with Crippen molar-refractivity contribution in [1.29, 1.82) is 0 Å². The SMILES string of the molecule is O=C1CN(C(=O)COC(=O)[C@H]2CCCO2)c2ccccc2N1. The van der Waals surface area contributed by atoms with E-state index < -0.39 is 24.6 Å². The number of amides is 2. The van der Waals surface area contributed by atoms with Gasteiger partial charge in [0.1, 0.15) is 6.54 Å². The van der Waals surface area contributed by atoms with Crippen molar-refractivity contribution in [2.75, 3.05) is 30.0 Å². The van der Waals surface area contributed by atoms with Crippen LogP contribution in [-0.4, -0.2) is 43.6 Å². The predicted molar refractivity (Wildman–Crippen MR) is 77.4 cm³/mol. The predicted octanol–water partition coefficient (Wildman–Crippen LogP) is 0.694. The van der Waals surface area contributed by atoms with Crippen molar-refractivity contribution in [3.63, 3.8) is 0 Å². The molecule has 0 unspecified atom stereocenters. The second-order valence-electron chi connectivity index (χ2n) is 5.15. The molecule has 2 aliphatic rings. The zero-order valence-corrected chi connectivity index (χ0v) is 11.9. The number of carbonyl (C=O) groups excluding carboxylic acids is 3. The lowest BCUT2D eigenvalue weighted by atomic mass is 10.2. The molecule has 1 atom stereocenters. The first-order valence-corrected chi connectivity index (χ1v) is 7.12. The molecular formula is C15H16N2O5. The Labute approximate surface area is 127 Å². The van der Waals surface area contributed by atoms with Gasteiger partial charge in [0.15, 0.2) is 12.7 Å². The zero-order valence-electron chi connectivity index (χ0n) is 11.9. The monoisotopic (exact) mass is 304 g/mol. The molecule has 22 heavy (non-hydrogen) atoms. The molecule has 7 nitrogen and oxygen atoms in total. The summed E-state index contributed by atoms with van der Waals surface area (Å²) < 4.78 is 10.2. The van der Waals surface area contributed by atoms with Gasteiger partial charge in [-0.05, 0) is 25.0 Å². The van der Waals surface area contributed by atoms with Crippen LogP contribution in [-0.2, 0) is 23.9 Å². The van der Waals surface area contributed by atoms with E-state index in [4.69, 9.17) is 9.47 Å². The summed E-state index contributed by atoms with van der Waals surface area (Å²) in [7, 11) is 0. The number of ether oxygens (including phenoxy) is 2. The quantitative estimate of drug-likeness (QED) is 0.831. The van der Waals surface area contributed by atoms with Gasteiger partial charge in [-0.15, -0.1) is 0 Å². The van der Waals surface area contributed by atoms with Crippen LogP contribution in [0.15, 0.2) is 24.3 Å². The standard InChI is InChI=1S/C15H16N2O5/c18-13-8-17(11-5-2-1-4-10(11)16-13)14(19)9-22-15(20)12-6-3-7-21-12/h1-2,4-5,12H,3,6-9H2,(H,16,18)/t12-/m1/s1. The third-order valence-corrected chi connectivity index (χ3v) is 3.60. The van der Waals surface area contributed by atoms with Crippen molar-refractivity contribution in [3.8, 4) is 0 Å². The molecule has 1 aromatic carbocycles. The van der Waals surface area contributed by atoms with Crippen LogP contribution in [0.25, 0.3) is 0 Å². The molecule has 1 fully saturated rings. The summed E-state index contributed by atoms with van der Waals surface area (Å²) in [6.45, 7) is 0.0427. The molecule has 1 aromatic rings. The number of anilines is 2. The van der Waals surface area contributed by atoms with Crippen molar-refractivity contribution in [2.24, 2.45) is 0 Å². The Hall–Kier alpha value is -2.41. The van der Waals surface area contributed by atoms with Crippen molar-refractivity contribution in [3.05, 3.63) is 24.3 Å². The summed E-state index contributed by atoms with van der Waals surface area (Å²) >= 11 is 0. The van der Waals surface area contributed by atoms with Crippen LogP contribution in [0.4, 0.5) is 11.4 Å². The lowest BCUT2D eigenvalue weighted by Gasteiger charge is -2.29.